The molecule has 0 amide bonds. The monoisotopic (exact) mass is 506 g/mol. The van der Waals surface area contributed by atoms with E-state index < -0.39 is 11.9 Å². The second kappa shape index (κ2) is 13.4. The minimum Gasteiger partial charge on any atom is -0.493 e. The minimum absolute atomic E-state index is 0.195. The first-order valence-electron chi connectivity index (χ1n) is 13.3. The Morgan fingerprint density at radius 2 is 1.68 bits per heavy atom. The van der Waals surface area contributed by atoms with Crippen molar-refractivity contribution in [2.45, 2.75) is 44.6 Å². The molecule has 1 unspecified atom stereocenters. The first-order valence-corrected chi connectivity index (χ1v) is 13.3. The minimum atomic E-state index is -1.01. The molecule has 37 heavy (non-hydrogen) atoms. The van der Waals surface area contributed by atoms with Crippen LogP contribution in [0.2, 0.25) is 0 Å². The summed E-state index contributed by atoms with van der Waals surface area (Å²) in [6, 6.07) is 18.2. The molecule has 0 radical (unpaired) electrons. The van der Waals surface area contributed by atoms with E-state index in [0.717, 1.165) is 63.2 Å². The third-order valence-electron chi connectivity index (χ3n) is 7.30. The van der Waals surface area contributed by atoms with Gasteiger partial charge in [-0.15, -0.1) is 0 Å². The second-order valence-corrected chi connectivity index (χ2v) is 9.88. The van der Waals surface area contributed by atoms with E-state index in [0.29, 0.717) is 25.0 Å². The number of ether oxygens (including phenoxy) is 2. The molecule has 7 heteroatoms. The highest BCUT2D eigenvalue weighted by Crippen LogP contribution is 2.30. The number of likely N-dealkylation sites (N-methyl/N-ethyl adjacent to an activating group) is 1. The molecular weight excluding hydrogens is 468 g/mol. The number of carboxylic acids is 1. The van der Waals surface area contributed by atoms with Crippen molar-refractivity contribution < 1.29 is 24.2 Å². The number of aryl methyl sites for hydroxylation is 2. The molecule has 198 valence electrons. The van der Waals surface area contributed by atoms with Crippen molar-refractivity contribution in [3.05, 3.63) is 76.9 Å². The molecule has 1 fully saturated rings. The van der Waals surface area contributed by atoms with Crippen LogP contribution in [0, 0.1) is 0 Å². The van der Waals surface area contributed by atoms with E-state index in [1.165, 1.54) is 5.56 Å². The molecule has 2 aromatic carbocycles. The Labute approximate surface area is 219 Å². The number of hydrogen-bond acceptors (Lipinski definition) is 6. The van der Waals surface area contributed by atoms with Gasteiger partial charge in [-0.1, -0.05) is 48.5 Å². The molecular formula is C30H38N2O5. The number of esters is 1. The largest absolute Gasteiger partial charge is 0.493 e. The van der Waals surface area contributed by atoms with Gasteiger partial charge in [0, 0.05) is 44.2 Å². The third kappa shape index (κ3) is 7.43. The number of aliphatic carboxylic acids is 1. The summed E-state index contributed by atoms with van der Waals surface area (Å²) in [5.74, 6) is -0.659. The van der Waals surface area contributed by atoms with Gasteiger partial charge < -0.3 is 19.5 Å². The molecule has 0 aromatic heterocycles. The zero-order valence-corrected chi connectivity index (χ0v) is 21.7. The lowest BCUT2D eigenvalue weighted by atomic mass is 9.86. The summed E-state index contributed by atoms with van der Waals surface area (Å²) in [7, 11) is 2.07. The Morgan fingerprint density at radius 1 is 0.946 bits per heavy atom. The number of rotatable bonds is 11. The summed E-state index contributed by atoms with van der Waals surface area (Å²) >= 11 is 0. The van der Waals surface area contributed by atoms with E-state index in [9.17, 15) is 14.7 Å². The normalized spacial score (nSPS) is 19.0. The van der Waals surface area contributed by atoms with E-state index >= 15 is 0 Å². The maximum Gasteiger partial charge on any atom is 0.334 e. The number of nitrogens with zero attached hydrogens (tertiary/aromatic N) is 2. The Balaban J connectivity index is 1.28. The van der Waals surface area contributed by atoms with Crippen molar-refractivity contribution >= 4 is 11.9 Å². The Kier molecular flexibility index (Phi) is 9.74. The highest BCUT2D eigenvalue weighted by atomic mass is 16.5. The summed E-state index contributed by atoms with van der Waals surface area (Å²) in [6.07, 6.45) is 4.37. The smallest absolute Gasteiger partial charge is 0.334 e. The Bertz CT molecular complexity index is 1080. The van der Waals surface area contributed by atoms with Crippen LogP contribution >= 0.6 is 0 Å². The molecule has 7 nitrogen and oxygen atoms in total. The topological polar surface area (TPSA) is 79.3 Å². The number of carbonyl (C=O) groups is 2. The average Bonchev–Trinajstić information content (AvgIpc) is 2.92. The molecule has 0 saturated carbocycles. The third-order valence-corrected chi connectivity index (χ3v) is 7.30. The molecule has 1 N–H and O–H groups in total. The van der Waals surface area contributed by atoms with Crippen LogP contribution < -0.4 is 4.74 Å². The molecule has 1 heterocycles. The lowest BCUT2D eigenvalue weighted by Crippen LogP contribution is -2.51. The summed E-state index contributed by atoms with van der Waals surface area (Å²) in [6.45, 7) is 4.04. The lowest BCUT2D eigenvalue weighted by molar-refractivity contribution is -0.141. The van der Waals surface area contributed by atoms with Crippen LogP contribution in [0.5, 0.6) is 5.75 Å². The van der Waals surface area contributed by atoms with Gasteiger partial charge in [-0.3, -0.25) is 4.90 Å². The van der Waals surface area contributed by atoms with Gasteiger partial charge in [0.05, 0.1) is 18.8 Å². The summed E-state index contributed by atoms with van der Waals surface area (Å²) in [5, 5.41) is 9.97. The van der Waals surface area contributed by atoms with Gasteiger partial charge >= 0.3 is 11.9 Å². The molecule has 2 aliphatic rings. The van der Waals surface area contributed by atoms with Crippen LogP contribution in [-0.4, -0.2) is 79.3 Å². The van der Waals surface area contributed by atoms with E-state index in [-0.39, 0.29) is 18.2 Å². The first kappa shape index (κ1) is 26.9. The predicted molar refractivity (Wildman–Crippen MR) is 143 cm³/mol. The van der Waals surface area contributed by atoms with Gasteiger partial charge in [-0.05, 0) is 56.3 Å². The van der Waals surface area contributed by atoms with Crippen LogP contribution in [-0.2, 0) is 27.2 Å². The summed E-state index contributed by atoms with van der Waals surface area (Å²) < 4.78 is 11.5. The molecule has 1 atom stereocenters. The number of carboxylic acid groups (broad SMARTS) is 1. The number of para-hydroxylation sites is 1. The van der Waals surface area contributed by atoms with E-state index in [4.69, 9.17) is 9.47 Å². The van der Waals surface area contributed by atoms with Gasteiger partial charge in [-0.25, -0.2) is 9.59 Å². The van der Waals surface area contributed by atoms with Crippen molar-refractivity contribution in [3.8, 4) is 5.75 Å². The summed E-state index contributed by atoms with van der Waals surface area (Å²) in [5.41, 5.74) is 2.99. The molecule has 1 saturated heterocycles. The fourth-order valence-electron chi connectivity index (χ4n) is 5.20. The molecule has 0 spiro atoms. The van der Waals surface area contributed by atoms with Gasteiger partial charge in [0.2, 0.25) is 0 Å². The zero-order chi connectivity index (χ0) is 26.0. The highest BCUT2D eigenvalue weighted by Gasteiger charge is 2.36. The van der Waals surface area contributed by atoms with Crippen molar-refractivity contribution in [2.24, 2.45) is 0 Å². The fraction of sp³-hybridized carbons (Fsp3) is 0.467. The maximum atomic E-state index is 12.9. The Hall–Kier alpha value is -3.16. The SMILES string of the molecule is CN1CCN(C2CCCC(C(=O)OCCCOc3ccccc3CCc3ccccc3)=C2C(=O)O)CC1. The first-order chi connectivity index (χ1) is 18.0. The van der Waals surface area contributed by atoms with Crippen molar-refractivity contribution in [3.63, 3.8) is 0 Å². The second-order valence-electron chi connectivity index (χ2n) is 9.88. The number of carbonyl (C=O) groups excluding carboxylic acids is 1. The maximum absolute atomic E-state index is 12.9. The van der Waals surface area contributed by atoms with Crippen molar-refractivity contribution in [1.29, 1.82) is 0 Å². The molecule has 4 rings (SSSR count). The van der Waals surface area contributed by atoms with Gasteiger partial charge in [0.25, 0.3) is 0 Å². The molecule has 1 aliphatic carbocycles. The number of hydrogen-bond donors (Lipinski definition) is 1. The van der Waals surface area contributed by atoms with E-state index in [1.807, 2.05) is 36.4 Å². The quantitative estimate of drug-likeness (QED) is 0.365. The number of benzene rings is 2. The lowest BCUT2D eigenvalue weighted by Gasteiger charge is -2.40. The van der Waals surface area contributed by atoms with Gasteiger partial charge in [-0.2, -0.15) is 0 Å². The zero-order valence-electron chi connectivity index (χ0n) is 21.7. The fourth-order valence-corrected chi connectivity index (χ4v) is 5.20. The van der Waals surface area contributed by atoms with Crippen molar-refractivity contribution in [1.82, 2.24) is 9.80 Å². The van der Waals surface area contributed by atoms with Crippen LogP contribution in [0.3, 0.4) is 0 Å². The van der Waals surface area contributed by atoms with Gasteiger partial charge in [0.15, 0.2) is 0 Å². The van der Waals surface area contributed by atoms with E-state index in [1.54, 1.807) is 0 Å². The molecule has 0 bridgehead atoms. The molecule has 2 aromatic rings. The summed E-state index contributed by atoms with van der Waals surface area (Å²) in [4.78, 5) is 29.5. The number of piperazine rings is 1. The van der Waals surface area contributed by atoms with Crippen LogP contribution in [0.15, 0.2) is 65.7 Å². The predicted octanol–water partition coefficient (Wildman–Crippen LogP) is 3.97. The Morgan fingerprint density at radius 3 is 2.43 bits per heavy atom. The standard InChI is InChI=1S/C30H38N2O5/c1-31-17-19-32(20-18-31)26-13-7-12-25(28(26)29(33)34)30(35)37-22-8-21-36-27-14-6-5-11-24(27)16-15-23-9-3-2-4-10-23/h2-6,9-11,14,26H,7-8,12-13,15-22H2,1H3,(H,33,34). The highest BCUT2D eigenvalue weighted by molar-refractivity contribution is 6.00. The van der Waals surface area contributed by atoms with Crippen molar-refractivity contribution in [2.75, 3.05) is 46.4 Å². The van der Waals surface area contributed by atoms with Crippen LogP contribution in [0.25, 0.3) is 0 Å². The van der Waals surface area contributed by atoms with Gasteiger partial charge in [0.1, 0.15) is 5.75 Å². The average molecular weight is 507 g/mol. The molecule has 1 aliphatic heterocycles. The van der Waals surface area contributed by atoms with Crippen LogP contribution in [0.1, 0.15) is 36.8 Å². The van der Waals surface area contributed by atoms with E-state index in [2.05, 4.69) is 35.0 Å². The van der Waals surface area contributed by atoms with Crippen LogP contribution in [0.4, 0.5) is 0 Å².